The first-order valence-electron chi connectivity index (χ1n) is 8.39. The quantitative estimate of drug-likeness (QED) is 0.759. The van der Waals surface area contributed by atoms with Crippen LogP contribution >= 0.6 is 0 Å². The molecule has 6 nitrogen and oxygen atoms in total. The van der Waals surface area contributed by atoms with Crippen molar-refractivity contribution in [1.82, 2.24) is 19.9 Å². The minimum absolute atomic E-state index is 0.165. The molecule has 0 aliphatic carbocycles. The van der Waals surface area contributed by atoms with Crippen LogP contribution < -0.4 is 10.1 Å². The summed E-state index contributed by atoms with van der Waals surface area (Å²) in [6.45, 7) is 1.54. The fourth-order valence-electron chi connectivity index (χ4n) is 3.10. The summed E-state index contributed by atoms with van der Waals surface area (Å²) in [4.78, 5) is 4.47. The van der Waals surface area contributed by atoms with Crippen LogP contribution in [0.25, 0.3) is 16.9 Å². The van der Waals surface area contributed by atoms with Gasteiger partial charge in [-0.2, -0.15) is 18.3 Å². The second-order valence-corrected chi connectivity index (χ2v) is 6.17. The zero-order valence-corrected chi connectivity index (χ0v) is 14.5. The number of aromatic nitrogens is 3. The summed E-state index contributed by atoms with van der Waals surface area (Å²) in [5.74, 6) is 0.615. The number of morpholine rings is 1. The van der Waals surface area contributed by atoms with Gasteiger partial charge in [0.15, 0.2) is 11.3 Å². The standard InChI is InChI=1S/C18H17F3N4O2/c1-26-12-4-2-11(3-5-12)14-8-16(18(19,20)21)25-17(24-14)13(9-23-25)15-10-27-7-6-22-15/h2-5,8-9,15,22H,6-7,10H2,1H3. The number of alkyl halides is 3. The van der Waals surface area contributed by atoms with Crippen LogP contribution in [0.3, 0.4) is 0 Å². The van der Waals surface area contributed by atoms with Crippen molar-refractivity contribution in [3.8, 4) is 17.0 Å². The number of benzene rings is 1. The first kappa shape index (κ1) is 17.7. The van der Waals surface area contributed by atoms with E-state index >= 15 is 0 Å². The zero-order valence-electron chi connectivity index (χ0n) is 14.5. The molecule has 3 aromatic rings. The average Bonchev–Trinajstić information content (AvgIpc) is 3.11. The van der Waals surface area contributed by atoms with Crippen molar-refractivity contribution < 1.29 is 22.6 Å². The summed E-state index contributed by atoms with van der Waals surface area (Å²) in [6.07, 6.45) is -3.15. The van der Waals surface area contributed by atoms with Crippen LogP contribution in [0.4, 0.5) is 13.2 Å². The number of fused-ring (bicyclic) bond motifs is 1. The molecular formula is C18H17F3N4O2. The topological polar surface area (TPSA) is 60.7 Å². The van der Waals surface area contributed by atoms with Crippen molar-refractivity contribution in [3.63, 3.8) is 0 Å². The molecule has 4 rings (SSSR count). The van der Waals surface area contributed by atoms with Crippen LogP contribution in [0.5, 0.6) is 5.75 Å². The van der Waals surface area contributed by atoms with Gasteiger partial charge in [0, 0.05) is 17.7 Å². The predicted octanol–water partition coefficient (Wildman–Crippen LogP) is 3.08. The van der Waals surface area contributed by atoms with Crippen molar-refractivity contribution >= 4 is 5.65 Å². The number of hydrogen-bond acceptors (Lipinski definition) is 5. The van der Waals surface area contributed by atoms with Gasteiger partial charge in [0.1, 0.15) is 5.75 Å². The largest absolute Gasteiger partial charge is 0.497 e. The van der Waals surface area contributed by atoms with Gasteiger partial charge in [-0.25, -0.2) is 9.50 Å². The minimum Gasteiger partial charge on any atom is -0.497 e. The molecule has 1 aliphatic heterocycles. The molecular weight excluding hydrogens is 361 g/mol. The van der Waals surface area contributed by atoms with Gasteiger partial charge in [-0.05, 0) is 30.3 Å². The Balaban J connectivity index is 1.88. The summed E-state index contributed by atoms with van der Waals surface area (Å²) >= 11 is 0. The molecule has 1 fully saturated rings. The highest BCUT2D eigenvalue weighted by atomic mass is 19.4. The molecule has 1 unspecified atom stereocenters. The van der Waals surface area contributed by atoms with E-state index in [1.807, 2.05) is 0 Å². The van der Waals surface area contributed by atoms with Gasteiger partial charge in [0.05, 0.1) is 38.3 Å². The lowest BCUT2D eigenvalue weighted by atomic mass is 10.1. The van der Waals surface area contributed by atoms with E-state index in [0.29, 0.717) is 36.6 Å². The fourth-order valence-corrected chi connectivity index (χ4v) is 3.10. The lowest BCUT2D eigenvalue weighted by Gasteiger charge is -2.23. The van der Waals surface area contributed by atoms with Gasteiger partial charge in [-0.3, -0.25) is 0 Å². The number of nitrogens with zero attached hydrogens (tertiary/aromatic N) is 3. The average molecular weight is 378 g/mol. The molecule has 0 radical (unpaired) electrons. The maximum Gasteiger partial charge on any atom is 0.433 e. The smallest absolute Gasteiger partial charge is 0.433 e. The van der Waals surface area contributed by atoms with Gasteiger partial charge < -0.3 is 14.8 Å². The Morgan fingerprint density at radius 2 is 2.04 bits per heavy atom. The predicted molar refractivity (Wildman–Crippen MR) is 91.5 cm³/mol. The minimum atomic E-state index is -4.57. The lowest BCUT2D eigenvalue weighted by molar-refractivity contribution is -0.142. The van der Waals surface area contributed by atoms with Gasteiger partial charge in [0.2, 0.25) is 0 Å². The Labute approximate surface area is 152 Å². The summed E-state index contributed by atoms with van der Waals surface area (Å²) in [6, 6.07) is 7.48. The molecule has 0 saturated carbocycles. The molecule has 1 aliphatic rings. The van der Waals surface area contributed by atoms with Gasteiger partial charge >= 0.3 is 6.18 Å². The zero-order chi connectivity index (χ0) is 19.0. The van der Waals surface area contributed by atoms with Crippen LogP contribution in [-0.4, -0.2) is 41.5 Å². The van der Waals surface area contributed by atoms with Gasteiger partial charge in [-0.1, -0.05) is 0 Å². The van der Waals surface area contributed by atoms with Crippen molar-refractivity contribution in [2.75, 3.05) is 26.9 Å². The van der Waals surface area contributed by atoms with Crippen molar-refractivity contribution in [2.45, 2.75) is 12.2 Å². The second kappa shape index (κ2) is 6.82. The molecule has 1 N–H and O–H groups in total. The molecule has 3 heterocycles. The number of rotatable bonds is 3. The molecule has 0 amide bonds. The van der Waals surface area contributed by atoms with E-state index in [2.05, 4.69) is 15.4 Å². The maximum absolute atomic E-state index is 13.6. The van der Waals surface area contributed by atoms with E-state index in [9.17, 15) is 13.2 Å². The normalized spacial score (nSPS) is 18.0. The Bertz CT molecular complexity index is 948. The fraction of sp³-hybridized carbons (Fsp3) is 0.333. The van der Waals surface area contributed by atoms with E-state index < -0.39 is 11.9 Å². The third-order valence-corrected chi connectivity index (χ3v) is 4.47. The summed E-state index contributed by atoms with van der Waals surface area (Å²) in [7, 11) is 1.53. The monoisotopic (exact) mass is 378 g/mol. The molecule has 1 saturated heterocycles. The van der Waals surface area contributed by atoms with E-state index in [-0.39, 0.29) is 17.4 Å². The Morgan fingerprint density at radius 1 is 1.26 bits per heavy atom. The molecule has 0 bridgehead atoms. The van der Waals surface area contributed by atoms with Gasteiger partial charge in [0.25, 0.3) is 0 Å². The number of ether oxygens (including phenoxy) is 2. The molecule has 0 spiro atoms. The van der Waals surface area contributed by atoms with E-state index in [0.717, 1.165) is 10.6 Å². The number of nitrogens with one attached hydrogen (secondary N) is 1. The molecule has 9 heteroatoms. The van der Waals surface area contributed by atoms with Crippen LogP contribution in [0, 0.1) is 0 Å². The molecule has 2 aromatic heterocycles. The molecule has 1 aromatic carbocycles. The van der Waals surface area contributed by atoms with E-state index in [1.54, 1.807) is 24.3 Å². The summed E-state index contributed by atoms with van der Waals surface area (Å²) < 4.78 is 52.3. The summed E-state index contributed by atoms with van der Waals surface area (Å²) in [5.41, 5.74) is 0.648. The molecule has 1 atom stereocenters. The van der Waals surface area contributed by atoms with Crippen molar-refractivity contribution in [2.24, 2.45) is 0 Å². The number of halogens is 3. The SMILES string of the molecule is COc1ccc(-c2cc(C(F)(F)F)n3ncc(C4COCCN4)c3n2)cc1. The second-order valence-electron chi connectivity index (χ2n) is 6.17. The van der Waals surface area contributed by atoms with Crippen LogP contribution in [-0.2, 0) is 10.9 Å². The molecule has 27 heavy (non-hydrogen) atoms. The number of methoxy groups -OCH3 is 1. The summed E-state index contributed by atoms with van der Waals surface area (Å²) in [5, 5.41) is 7.17. The van der Waals surface area contributed by atoms with Gasteiger partial charge in [-0.15, -0.1) is 0 Å². The highest BCUT2D eigenvalue weighted by Gasteiger charge is 2.36. The Morgan fingerprint density at radius 3 is 2.67 bits per heavy atom. The van der Waals surface area contributed by atoms with E-state index in [4.69, 9.17) is 9.47 Å². The van der Waals surface area contributed by atoms with Crippen molar-refractivity contribution in [3.05, 3.63) is 47.8 Å². The third kappa shape index (κ3) is 3.35. The Hall–Kier alpha value is -2.65. The third-order valence-electron chi connectivity index (χ3n) is 4.47. The first-order chi connectivity index (χ1) is 13.0. The maximum atomic E-state index is 13.6. The van der Waals surface area contributed by atoms with Crippen LogP contribution in [0.1, 0.15) is 17.3 Å². The van der Waals surface area contributed by atoms with E-state index in [1.165, 1.54) is 13.3 Å². The Kier molecular flexibility index (Phi) is 4.48. The van der Waals surface area contributed by atoms with Crippen molar-refractivity contribution in [1.29, 1.82) is 0 Å². The highest BCUT2D eigenvalue weighted by Crippen LogP contribution is 2.34. The first-order valence-corrected chi connectivity index (χ1v) is 8.39. The van der Waals surface area contributed by atoms with Crippen LogP contribution in [0.15, 0.2) is 36.5 Å². The lowest BCUT2D eigenvalue weighted by Crippen LogP contribution is -2.34. The molecule has 142 valence electrons. The number of hydrogen-bond donors (Lipinski definition) is 1. The van der Waals surface area contributed by atoms with Crippen LogP contribution in [0.2, 0.25) is 0 Å². The highest BCUT2D eigenvalue weighted by molar-refractivity contribution is 5.65.